The third kappa shape index (κ3) is 4.23. The number of carbonyl (C=O) groups is 2. The first kappa shape index (κ1) is 12.4. The van der Waals surface area contributed by atoms with Gasteiger partial charge in [0.15, 0.2) is 5.78 Å². The molecule has 16 heavy (non-hydrogen) atoms. The van der Waals surface area contributed by atoms with E-state index in [1.165, 1.54) is 0 Å². The Kier molecular flexibility index (Phi) is 5.22. The molecule has 1 rings (SSSR count). The fourth-order valence-electron chi connectivity index (χ4n) is 1.30. The van der Waals surface area contributed by atoms with Crippen LogP contribution in [0.15, 0.2) is 30.3 Å². The van der Waals surface area contributed by atoms with E-state index in [9.17, 15) is 9.59 Å². The van der Waals surface area contributed by atoms with Gasteiger partial charge in [-0.05, 0) is 0 Å². The zero-order chi connectivity index (χ0) is 11.8. The minimum Gasteiger partial charge on any atom is -0.355 e. The molecule has 0 saturated heterocycles. The fraction of sp³-hybridized carbons (Fsp3) is 0.333. The Morgan fingerprint density at radius 1 is 1.12 bits per heavy atom. The molecular formula is C12H16N2O2. The smallest absolute Gasteiger partial charge is 0.220 e. The molecule has 1 aromatic rings. The summed E-state index contributed by atoms with van der Waals surface area (Å²) in [6, 6.07) is 8.97. The Hall–Kier alpha value is -1.68. The van der Waals surface area contributed by atoms with Crippen molar-refractivity contribution in [3.05, 3.63) is 35.9 Å². The number of nitrogens with one attached hydrogen (secondary N) is 1. The Morgan fingerprint density at radius 2 is 1.81 bits per heavy atom. The first-order valence-electron chi connectivity index (χ1n) is 5.29. The van der Waals surface area contributed by atoms with Crippen molar-refractivity contribution < 1.29 is 9.59 Å². The number of hydrogen-bond donors (Lipinski definition) is 2. The molecule has 0 saturated carbocycles. The summed E-state index contributed by atoms with van der Waals surface area (Å²) in [6.07, 6.45) is 0.453. The average Bonchev–Trinajstić information content (AvgIpc) is 2.34. The van der Waals surface area contributed by atoms with Gasteiger partial charge in [0.2, 0.25) is 5.91 Å². The number of carbonyl (C=O) groups excluding carboxylic acids is 2. The van der Waals surface area contributed by atoms with Crippen LogP contribution in [0.3, 0.4) is 0 Å². The molecule has 0 fully saturated rings. The fourth-order valence-corrected chi connectivity index (χ4v) is 1.30. The van der Waals surface area contributed by atoms with Gasteiger partial charge in [0.05, 0.1) is 0 Å². The van der Waals surface area contributed by atoms with Gasteiger partial charge in [-0.15, -0.1) is 0 Å². The van der Waals surface area contributed by atoms with Gasteiger partial charge in [-0.1, -0.05) is 30.3 Å². The molecule has 3 N–H and O–H groups in total. The molecule has 1 aromatic carbocycles. The standard InChI is InChI=1S/C12H16N2O2/c13-8-9-14-12(16)7-6-11(15)10-4-2-1-3-5-10/h1-5H,6-9,13H2,(H,14,16). The van der Waals surface area contributed by atoms with Crippen LogP contribution < -0.4 is 11.1 Å². The van der Waals surface area contributed by atoms with E-state index in [1.54, 1.807) is 12.1 Å². The molecule has 0 aliphatic heterocycles. The molecule has 4 nitrogen and oxygen atoms in total. The zero-order valence-electron chi connectivity index (χ0n) is 9.11. The van der Waals surface area contributed by atoms with Crippen LogP contribution in [0.4, 0.5) is 0 Å². The maximum atomic E-state index is 11.6. The maximum Gasteiger partial charge on any atom is 0.220 e. The number of rotatable bonds is 6. The van der Waals surface area contributed by atoms with Crippen molar-refractivity contribution in [2.24, 2.45) is 5.73 Å². The minimum atomic E-state index is -0.130. The highest BCUT2D eigenvalue weighted by Gasteiger charge is 2.07. The molecule has 0 spiro atoms. The van der Waals surface area contributed by atoms with Crippen LogP contribution in [0, 0.1) is 0 Å². The average molecular weight is 220 g/mol. The predicted molar refractivity (Wildman–Crippen MR) is 62.1 cm³/mol. The van der Waals surface area contributed by atoms with Gasteiger partial charge >= 0.3 is 0 Å². The third-order valence-corrected chi connectivity index (χ3v) is 2.14. The first-order chi connectivity index (χ1) is 7.74. The van der Waals surface area contributed by atoms with Gasteiger partial charge in [0.1, 0.15) is 0 Å². The van der Waals surface area contributed by atoms with Crippen LogP contribution in [-0.2, 0) is 4.79 Å². The molecule has 0 atom stereocenters. The van der Waals surface area contributed by atoms with E-state index >= 15 is 0 Å². The Labute approximate surface area is 94.8 Å². The second kappa shape index (κ2) is 6.74. The summed E-state index contributed by atoms with van der Waals surface area (Å²) in [6.45, 7) is 0.872. The highest BCUT2D eigenvalue weighted by molar-refractivity contribution is 5.97. The van der Waals surface area contributed by atoms with E-state index in [1.807, 2.05) is 18.2 Å². The van der Waals surface area contributed by atoms with Crippen molar-refractivity contribution in [1.82, 2.24) is 5.32 Å². The molecule has 1 amide bonds. The number of hydrogen-bond acceptors (Lipinski definition) is 3. The SMILES string of the molecule is NCCNC(=O)CCC(=O)c1ccccc1. The van der Waals surface area contributed by atoms with Crippen molar-refractivity contribution in [1.29, 1.82) is 0 Å². The second-order valence-corrected chi connectivity index (χ2v) is 3.43. The lowest BCUT2D eigenvalue weighted by Gasteiger charge is -2.03. The van der Waals surface area contributed by atoms with Crippen molar-refractivity contribution >= 4 is 11.7 Å². The Balaban J connectivity index is 2.33. The molecule has 0 radical (unpaired) electrons. The summed E-state index contributed by atoms with van der Waals surface area (Å²) in [4.78, 5) is 22.8. The predicted octanol–water partition coefficient (Wildman–Crippen LogP) is 0.724. The molecule has 0 aliphatic carbocycles. The first-order valence-corrected chi connectivity index (χ1v) is 5.29. The van der Waals surface area contributed by atoms with Gasteiger partial charge in [-0.3, -0.25) is 9.59 Å². The maximum absolute atomic E-state index is 11.6. The number of nitrogens with two attached hydrogens (primary N) is 1. The molecule has 86 valence electrons. The van der Waals surface area contributed by atoms with E-state index < -0.39 is 0 Å². The summed E-state index contributed by atoms with van der Waals surface area (Å²) in [7, 11) is 0. The van der Waals surface area contributed by atoms with Gasteiger partial charge in [-0.2, -0.15) is 0 Å². The quantitative estimate of drug-likeness (QED) is 0.694. The monoisotopic (exact) mass is 220 g/mol. The van der Waals surface area contributed by atoms with Gasteiger partial charge in [0, 0.05) is 31.5 Å². The number of Topliss-reactive ketones (excluding diaryl/α,β-unsaturated/α-hetero) is 1. The molecule has 0 aromatic heterocycles. The van der Waals surface area contributed by atoms with Crippen molar-refractivity contribution in [2.45, 2.75) is 12.8 Å². The summed E-state index contributed by atoms with van der Waals surface area (Å²) in [5, 5.41) is 2.62. The van der Waals surface area contributed by atoms with Crippen LogP contribution in [0.1, 0.15) is 23.2 Å². The lowest BCUT2D eigenvalue weighted by Crippen LogP contribution is -2.29. The second-order valence-electron chi connectivity index (χ2n) is 3.43. The zero-order valence-corrected chi connectivity index (χ0v) is 9.11. The van der Waals surface area contributed by atoms with Crippen LogP contribution in [0.5, 0.6) is 0 Å². The molecule has 0 unspecified atom stereocenters. The topological polar surface area (TPSA) is 72.2 Å². The minimum absolute atomic E-state index is 0.0106. The normalized spacial score (nSPS) is 9.81. The molecule has 4 heteroatoms. The van der Waals surface area contributed by atoms with Crippen molar-refractivity contribution in [3.63, 3.8) is 0 Å². The largest absolute Gasteiger partial charge is 0.355 e. The third-order valence-electron chi connectivity index (χ3n) is 2.14. The summed E-state index contributed by atoms with van der Waals surface area (Å²) < 4.78 is 0. The van der Waals surface area contributed by atoms with Crippen LogP contribution >= 0.6 is 0 Å². The van der Waals surface area contributed by atoms with Crippen LogP contribution in [-0.4, -0.2) is 24.8 Å². The lowest BCUT2D eigenvalue weighted by atomic mass is 10.1. The Bertz CT molecular complexity index is 349. The van der Waals surface area contributed by atoms with Crippen molar-refractivity contribution in [2.75, 3.05) is 13.1 Å². The summed E-state index contributed by atoms with van der Waals surface area (Å²) in [5.41, 5.74) is 5.89. The number of amides is 1. The lowest BCUT2D eigenvalue weighted by molar-refractivity contribution is -0.121. The Morgan fingerprint density at radius 3 is 2.44 bits per heavy atom. The number of ketones is 1. The molecular weight excluding hydrogens is 204 g/mol. The van der Waals surface area contributed by atoms with E-state index in [0.29, 0.717) is 18.7 Å². The van der Waals surface area contributed by atoms with Gasteiger partial charge in [0.25, 0.3) is 0 Å². The van der Waals surface area contributed by atoms with E-state index in [0.717, 1.165) is 0 Å². The van der Waals surface area contributed by atoms with E-state index in [-0.39, 0.29) is 24.5 Å². The highest BCUT2D eigenvalue weighted by Crippen LogP contribution is 2.04. The highest BCUT2D eigenvalue weighted by atomic mass is 16.2. The van der Waals surface area contributed by atoms with Crippen molar-refractivity contribution in [3.8, 4) is 0 Å². The molecule has 0 bridgehead atoms. The summed E-state index contributed by atoms with van der Waals surface area (Å²) in [5.74, 6) is -0.141. The van der Waals surface area contributed by atoms with Gasteiger partial charge in [-0.25, -0.2) is 0 Å². The van der Waals surface area contributed by atoms with E-state index in [2.05, 4.69) is 5.32 Å². The van der Waals surface area contributed by atoms with Crippen LogP contribution in [0.25, 0.3) is 0 Å². The molecule has 0 heterocycles. The van der Waals surface area contributed by atoms with E-state index in [4.69, 9.17) is 5.73 Å². The van der Waals surface area contributed by atoms with Gasteiger partial charge < -0.3 is 11.1 Å². The number of benzene rings is 1. The van der Waals surface area contributed by atoms with Crippen LogP contribution in [0.2, 0.25) is 0 Å². The molecule has 0 aliphatic rings. The summed E-state index contributed by atoms with van der Waals surface area (Å²) >= 11 is 0.